The largest absolute Gasteiger partial charge is 0.284 e. The predicted octanol–water partition coefficient (Wildman–Crippen LogP) is 1.43. The second kappa shape index (κ2) is 4.69. The van der Waals surface area contributed by atoms with Crippen LogP contribution in [0.2, 0.25) is 0 Å². The van der Waals surface area contributed by atoms with E-state index in [0.717, 1.165) is 0 Å². The van der Waals surface area contributed by atoms with E-state index in [1.54, 1.807) is 6.92 Å². The smallest absolute Gasteiger partial charge is 0.269 e. The monoisotopic (exact) mass is 282 g/mol. The van der Waals surface area contributed by atoms with E-state index < -0.39 is 14.9 Å². The van der Waals surface area contributed by atoms with Crippen molar-refractivity contribution in [3.63, 3.8) is 0 Å². The Labute approximate surface area is 108 Å². The van der Waals surface area contributed by atoms with Gasteiger partial charge in [-0.05, 0) is 18.6 Å². The van der Waals surface area contributed by atoms with Crippen LogP contribution in [0.4, 0.5) is 11.4 Å². The second-order valence-electron chi connectivity index (χ2n) is 3.80. The second-order valence-corrected chi connectivity index (χ2v) is 5.48. The molecule has 0 radical (unpaired) electrons. The zero-order chi connectivity index (χ0) is 14.0. The Morgan fingerprint density at radius 3 is 2.68 bits per heavy atom. The van der Waals surface area contributed by atoms with E-state index in [9.17, 15) is 18.5 Å². The fraction of sp³-hybridized carbons (Fsp3) is 0.100. The van der Waals surface area contributed by atoms with Crippen molar-refractivity contribution in [1.82, 2.24) is 10.2 Å². The van der Waals surface area contributed by atoms with E-state index in [4.69, 9.17) is 0 Å². The van der Waals surface area contributed by atoms with Crippen LogP contribution in [0.1, 0.15) is 5.56 Å². The molecule has 2 N–H and O–H groups in total. The van der Waals surface area contributed by atoms with Crippen molar-refractivity contribution in [2.75, 3.05) is 4.72 Å². The van der Waals surface area contributed by atoms with E-state index in [-0.39, 0.29) is 16.3 Å². The summed E-state index contributed by atoms with van der Waals surface area (Å²) in [6.45, 7) is 1.58. The number of nitrogens with zero attached hydrogens (tertiary/aromatic N) is 2. The number of rotatable bonds is 4. The first-order valence-corrected chi connectivity index (χ1v) is 6.65. The maximum absolute atomic E-state index is 11.9. The van der Waals surface area contributed by atoms with Crippen molar-refractivity contribution in [1.29, 1.82) is 0 Å². The summed E-state index contributed by atoms with van der Waals surface area (Å²) in [6, 6.07) is 3.89. The molecule has 0 aliphatic carbocycles. The molecule has 2 aromatic rings. The molecule has 1 aromatic heterocycles. The molecule has 19 heavy (non-hydrogen) atoms. The Morgan fingerprint density at radius 2 is 2.16 bits per heavy atom. The van der Waals surface area contributed by atoms with Gasteiger partial charge in [0.25, 0.3) is 15.7 Å². The van der Waals surface area contributed by atoms with Crippen molar-refractivity contribution in [3.8, 4) is 0 Å². The number of hydrogen-bond donors (Lipinski definition) is 2. The lowest BCUT2D eigenvalue weighted by molar-refractivity contribution is -0.384. The molecule has 0 aliphatic heterocycles. The molecular weight excluding hydrogens is 272 g/mol. The molecule has 1 heterocycles. The number of non-ortho nitro benzene ring substituents is 1. The van der Waals surface area contributed by atoms with Crippen LogP contribution in [0.3, 0.4) is 0 Å². The minimum absolute atomic E-state index is 0.00903. The van der Waals surface area contributed by atoms with Crippen LogP contribution in [0.15, 0.2) is 35.5 Å². The lowest BCUT2D eigenvalue weighted by Crippen LogP contribution is -2.13. The first kappa shape index (κ1) is 13.0. The fourth-order valence-corrected chi connectivity index (χ4v) is 2.50. The predicted molar refractivity (Wildman–Crippen MR) is 67.2 cm³/mol. The summed E-state index contributed by atoms with van der Waals surface area (Å²) >= 11 is 0. The molecule has 0 atom stereocenters. The van der Waals surface area contributed by atoms with Crippen LogP contribution < -0.4 is 4.72 Å². The van der Waals surface area contributed by atoms with Gasteiger partial charge in [-0.2, -0.15) is 5.10 Å². The van der Waals surface area contributed by atoms with Gasteiger partial charge in [-0.25, -0.2) is 8.42 Å². The Hall–Kier alpha value is -2.42. The zero-order valence-electron chi connectivity index (χ0n) is 9.82. The highest BCUT2D eigenvalue weighted by Crippen LogP contribution is 2.23. The Morgan fingerprint density at radius 1 is 1.42 bits per heavy atom. The van der Waals surface area contributed by atoms with Crippen molar-refractivity contribution < 1.29 is 13.3 Å². The molecule has 0 fully saturated rings. The number of H-pyrrole nitrogens is 1. The number of hydrogen-bond acceptors (Lipinski definition) is 5. The molecule has 0 amide bonds. The van der Waals surface area contributed by atoms with Crippen molar-refractivity contribution in [3.05, 3.63) is 46.3 Å². The Kier molecular flexibility index (Phi) is 3.21. The van der Waals surface area contributed by atoms with Crippen molar-refractivity contribution in [2.24, 2.45) is 0 Å². The van der Waals surface area contributed by atoms with Gasteiger partial charge in [0.05, 0.1) is 16.8 Å². The molecule has 2 rings (SSSR count). The molecule has 0 saturated heterocycles. The van der Waals surface area contributed by atoms with Gasteiger partial charge in [-0.1, -0.05) is 0 Å². The number of nitro groups is 1. The van der Waals surface area contributed by atoms with Crippen molar-refractivity contribution in [2.45, 2.75) is 11.8 Å². The number of nitro benzene ring substituents is 1. The van der Waals surface area contributed by atoms with Gasteiger partial charge in [-0.3, -0.25) is 19.9 Å². The topological polar surface area (TPSA) is 118 Å². The lowest BCUT2D eigenvalue weighted by Gasteiger charge is -2.08. The van der Waals surface area contributed by atoms with Gasteiger partial charge < -0.3 is 0 Å². The van der Waals surface area contributed by atoms with Crippen LogP contribution in [0.25, 0.3) is 0 Å². The average molecular weight is 282 g/mol. The first-order valence-electron chi connectivity index (χ1n) is 5.17. The van der Waals surface area contributed by atoms with E-state index in [0.29, 0.717) is 5.56 Å². The van der Waals surface area contributed by atoms with Crippen molar-refractivity contribution >= 4 is 21.4 Å². The number of sulfonamides is 1. The van der Waals surface area contributed by atoms with Gasteiger partial charge >= 0.3 is 0 Å². The van der Waals surface area contributed by atoms with E-state index in [1.165, 1.54) is 30.6 Å². The van der Waals surface area contributed by atoms with Gasteiger partial charge in [0.15, 0.2) is 0 Å². The molecule has 0 bridgehead atoms. The maximum atomic E-state index is 11.9. The molecule has 0 aliphatic rings. The highest BCUT2D eigenvalue weighted by Gasteiger charge is 2.17. The molecule has 9 heteroatoms. The molecule has 0 saturated carbocycles. The molecule has 8 nitrogen and oxygen atoms in total. The third-order valence-corrected chi connectivity index (χ3v) is 3.78. The van der Waals surface area contributed by atoms with Gasteiger partial charge in [-0.15, -0.1) is 0 Å². The molecule has 100 valence electrons. The number of anilines is 1. The first-order chi connectivity index (χ1) is 8.90. The van der Waals surface area contributed by atoms with E-state index in [2.05, 4.69) is 14.9 Å². The van der Waals surface area contributed by atoms with Gasteiger partial charge in [0, 0.05) is 18.3 Å². The summed E-state index contributed by atoms with van der Waals surface area (Å²) in [7, 11) is -3.74. The highest BCUT2D eigenvalue weighted by atomic mass is 32.2. The van der Waals surface area contributed by atoms with Gasteiger partial charge in [0.1, 0.15) is 4.90 Å². The van der Waals surface area contributed by atoms with Crippen LogP contribution >= 0.6 is 0 Å². The lowest BCUT2D eigenvalue weighted by atomic mass is 10.2. The summed E-state index contributed by atoms with van der Waals surface area (Å²) in [6.07, 6.45) is 2.41. The number of benzene rings is 1. The minimum atomic E-state index is -3.74. The quantitative estimate of drug-likeness (QED) is 0.649. The maximum Gasteiger partial charge on any atom is 0.269 e. The van der Waals surface area contributed by atoms with Gasteiger partial charge in [0.2, 0.25) is 0 Å². The highest BCUT2D eigenvalue weighted by molar-refractivity contribution is 7.92. The molecule has 0 spiro atoms. The van der Waals surface area contributed by atoms with Crippen LogP contribution in [-0.4, -0.2) is 23.5 Å². The Balaban J connectivity index is 2.32. The summed E-state index contributed by atoms with van der Waals surface area (Å²) in [5, 5.41) is 16.5. The normalized spacial score (nSPS) is 11.2. The molecule has 1 aromatic carbocycles. The number of nitrogens with one attached hydrogen (secondary N) is 2. The van der Waals surface area contributed by atoms with E-state index >= 15 is 0 Å². The molecule has 0 unspecified atom stereocenters. The number of aryl methyl sites for hydroxylation is 1. The van der Waals surface area contributed by atoms with Crippen LogP contribution in [0.5, 0.6) is 0 Å². The summed E-state index contributed by atoms with van der Waals surface area (Å²) in [4.78, 5) is 10.0. The fourth-order valence-electron chi connectivity index (χ4n) is 1.47. The minimum Gasteiger partial charge on any atom is -0.284 e. The zero-order valence-corrected chi connectivity index (χ0v) is 10.6. The SMILES string of the molecule is Cc1cc([N+](=O)[O-])ccc1NS(=O)(=O)c1cn[nH]c1. The average Bonchev–Trinajstić information content (AvgIpc) is 2.85. The molecular formula is C10H10N4O4S. The summed E-state index contributed by atoms with van der Waals surface area (Å²) < 4.78 is 26.2. The third kappa shape index (κ3) is 2.71. The summed E-state index contributed by atoms with van der Waals surface area (Å²) in [5.41, 5.74) is 0.650. The number of aromatic nitrogens is 2. The summed E-state index contributed by atoms with van der Waals surface area (Å²) in [5.74, 6) is 0. The van der Waals surface area contributed by atoms with Crippen LogP contribution in [-0.2, 0) is 10.0 Å². The van der Waals surface area contributed by atoms with Crippen LogP contribution in [0, 0.1) is 17.0 Å². The third-order valence-electron chi connectivity index (χ3n) is 2.45. The standard InChI is InChI=1S/C10H10N4O4S/c1-7-4-8(14(15)16)2-3-10(7)13-19(17,18)9-5-11-12-6-9/h2-6,13H,1H3,(H,11,12). The Bertz CT molecular complexity index is 709. The number of aromatic amines is 1. The van der Waals surface area contributed by atoms with E-state index in [1.807, 2.05) is 0 Å².